The summed E-state index contributed by atoms with van der Waals surface area (Å²) in [5.41, 5.74) is -0.581. The lowest BCUT2D eigenvalue weighted by Crippen LogP contribution is -1.92. The number of nitro groups is 1. The van der Waals surface area contributed by atoms with E-state index in [-0.39, 0.29) is 5.56 Å². The predicted octanol–water partition coefficient (Wildman–Crippen LogP) is 3.08. The second-order valence-corrected chi connectivity index (χ2v) is 3.38. The Labute approximate surface area is 96.1 Å². The van der Waals surface area contributed by atoms with E-state index in [9.17, 15) is 19.6 Å². The fourth-order valence-electron chi connectivity index (χ4n) is 1.14. The van der Waals surface area contributed by atoms with Crippen molar-refractivity contribution in [1.82, 2.24) is 0 Å². The van der Waals surface area contributed by atoms with Crippen molar-refractivity contribution >= 4 is 23.4 Å². The summed E-state index contributed by atoms with van der Waals surface area (Å²) >= 11 is 5.42. The van der Waals surface area contributed by atoms with Crippen LogP contribution in [-0.4, -0.2) is 15.9 Å². The zero-order chi connectivity index (χ0) is 12.1. The van der Waals surface area contributed by atoms with Crippen molar-refractivity contribution in [3.8, 4) is 5.75 Å². The van der Waals surface area contributed by atoms with Gasteiger partial charge in [-0.15, -0.1) is 11.6 Å². The number of rotatable bonds is 4. The van der Waals surface area contributed by atoms with E-state index in [4.69, 9.17) is 11.6 Å². The lowest BCUT2D eigenvalue weighted by atomic mass is 10.1. The van der Waals surface area contributed by atoms with Crippen molar-refractivity contribution in [3.05, 3.63) is 39.7 Å². The van der Waals surface area contributed by atoms with E-state index in [0.717, 1.165) is 6.07 Å². The molecule has 0 aromatic heterocycles. The molecule has 4 nitrogen and oxygen atoms in total. The highest BCUT2D eigenvalue weighted by Gasteiger charge is 2.17. The number of allylic oxidation sites excluding steroid dienone is 1. The standard InChI is InChI=1S/C10H9ClFNO3/c11-4-2-1-3-7-5-8(12)6-9(10(7)14)13(15)16/h1,3,5-6,14H,2,4H2. The van der Waals surface area contributed by atoms with E-state index in [0.29, 0.717) is 18.4 Å². The first kappa shape index (κ1) is 12.4. The molecule has 0 radical (unpaired) electrons. The number of alkyl halides is 1. The number of phenols is 1. The van der Waals surface area contributed by atoms with Gasteiger partial charge in [0.15, 0.2) is 0 Å². The molecule has 0 saturated carbocycles. The molecule has 6 heteroatoms. The second kappa shape index (κ2) is 5.46. The molecule has 0 aliphatic heterocycles. The van der Waals surface area contributed by atoms with Crippen molar-refractivity contribution in [3.63, 3.8) is 0 Å². The quantitative estimate of drug-likeness (QED) is 0.504. The van der Waals surface area contributed by atoms with Crippen LogP contribution < -0.4 is 0 Å². The lowest BCUT2D eigenvalue weighted by molar-refractivity contribution is -0.386. The minimum Gasteiger partial charge on any atom is -0.502 e. The molecule has 86 valence electrons. The molecule has 0 unspecified atom stereocenters. The highest BCUT2D eigenvalue weighted by Crippen LogP contribution is 2.31. The first-order chi connectivity index (χ1) is 7.56. The maximum atomic E-state index is 13.0. The van der Waals surface area contributed by atoms with Crippen molar-refractivity contribution < 1.29 is 14.4 Å². The number of hydrogen-bond donors (Lipinski definition) is 1. The topological polar surface area (TPSA) is 63.4 Å². The van der Waals surface area contributed by atoms with Crippen LogP contribution in [0.5, 0.6) is 5.75 Å². The van der Waals surface area contributed by atoms with Crippen LogP contribution in [0, 0.1) is 15.9 Å². The Bertz CT molecular complexity index is 434. The summed E-state index contributed by atoms with van der Waals surface area (Å²) in [4.78, 5) is 9.65. The van der Waals surface area contributed by atoms with Crippen LogP contribution in [0.1, 0.15) is 12.0 Å². The van der Waals surface area contributed by atoms with Gasteiger partial charge in [0.1, 0.15) is 5.82 Å². The maximum Gasteiger partial charge on any atom is 0.314 e. The van der Waals surface area contributed by atoms with E-state index < -0.39 is 22.2 Å². The largest absolute Gasteiger partial charge is 0.502 e. The van der Waals surface area contributed by atoms with Gasteiger partial charge in [0.2, 0.25) is 5.75 Å². The fraction of sp³-hybridized carbons (Fsp3) is 0.200. The van der Waals surface area contributed by atoms with Gasteiger partial charge in [-0.2, -0.15) is 0 Å². The number of nitrogens with zero attached hydrogens (tertiary/aromatic N) is 1. The molecule has 0 spiro atoms. The molecule has 0 saturated heterocycles. The Morgan fingerprint density at radius 3 is 2.81 bits per heavy atom. The van der Waals surface area contributed by atoms with E-state index in [1.165, 1.54) is 6.08 Å². The molecule has 0 fully saturated rings. The third-order valence-electron chi connectivity index (χ3n) is 1.85. The van der Waals surface area contributed by atoms with Crippen LogP contribution in [0.4, 0.5) is 10.1 Å². The molecular formula is C10H9ClFNO3. The summed E-state index contributed by atoms with van der Waals surface area (Å²) < 4.78 is 13.0. The number of aromatic hydroxyl groups is 1. The summed E-state index contributed by atoms with van der Waals surface area (Å²) in [6.45, 7) is 0. The highest BCUT2D eigenvalue weighted by atomic mass is 35.5. The van der Waals surface area contributed by atoms with Crippen LogP contribution in [0.15, 0.2) is 18.2 Å². The highest BCUT2D eigenvalue weighted by molar-refractivity contribution is 6.17. The van der Waals surface area contributed by atoms with Gasteiger partial charge in [-0.3, -0.25) is 10.1 Å². The van der Waals surface area contributed by atoms with Crippen molar-refractivity contribution in [2.24, 2.45) is 0 Å². The van der Waals surface area contributed by atoms with Crippen molar-refractivity contribution in [1.29, 1.82) is 0 Å². The molecule has 0 amide bonds. The van der Waals surface area contributed by atoms with Crippen LogP contribution in [0.25, 0.3) is 6.08 Å². The first-order valence-electron chi connectivity index (χ1n) is 4.45. The minimum atomic E-state index is -0.836. The first-order valence-corrected chi connectivity index (χ1v) is 4.99. The number of benzene rings is 1. The van der Waals surface area contributed by atoms with Crippen LogP contribution in [0.2, 0.25) is 0 Å². The van der Waals surface area contributed by atoms with E-state index in [1.807, 2.05) is 0 Å². The Hall–Kier alpha value is -1.62. The summed E-state index contributed by atoms with van der Waals surface area (Å²) in [6.07, 6.45) is 3.53. The molecule has 0 atom stereocenters. The summed E-state index contributed by atoms with van der Waals surface area (Å²) in [6, 6.07) is 1.70. The SMILES string of the molecule is O=[N+]([O-])c1cc(F)cc(C=CCCCl)c1O. The van der Waals surface area contributed by atoms with E-state index in [2.05, 4.69) is 0 Å². The summed E-state index contributed by atoms with van der Waals surface area (Å²) in [5, 5.41) is 20.0. The number of phenolic OH excluding ortho intramolecular Hbond substituents is 1. The molecule has 0 aliphatic rings. The number of halogens is 2. The maximum absolute atomic E-state index is 13.0. The fourth-order valence-corrected chi connectivity index (χ4v) is 1.27. The van der Waals surface area contributed by atoms with Crippen LogP contribution in [-0.2, 0) is 0 Å². The monoisotopic (exact) mass is 245 g/mol. The average molecular weight is 246 g/mol. The Kier molecular flexibility index (Phi) is 4.25. The second-order valence-electron chi connectivity index (χ2n) is 3.00. The summed E-state index contributed by atoms with van der Waals surface area (Å²) in [7, 11) is 0. The molecular weight excluding hydrogens is 237 g/mol. The number of nitro benzene ring substituents is 1. The van der Waals surface area contributed by atoms with E-state index in [1.54, 1.807) is 6.08 Å². The zero-order valence-electron chi connectivity index (χ0n) is 8.19. The van der Waals surface area contributed by atoms with Gasteiger partial charge in [-0.05, 0) is 12.5 Å². The number of hydrogen-bond acceptors (Lipinski definition) is 3. The van der Waals surface area contributed by atoms with Crippen molar-refractivity contribution in [2.75, 3.05) is 5.88 Å². The van der Waals surface area contributed by atoms with Gasteiger partial charge < -0.3 is 5.11 Å². The van der Waals surface area contributed by atoms with Crippen LogP contribution >= 0.6 is 11.6 Å². The lowest BCUT2D eigenvalue weighted by Gasteiger charge is -2.00. The molecule has 1 N–H and O–H groups in total. The van der Waals surface area contributed by atoms with Crippen LogP contribution in [0.3, 0.4) is 0 Å². The van der Waals surface area contributed by atoms with Gasteiger partial charge in [0, 0.05) is 11.4 Å². The zero-order valence-corrected chi connectivity index (χ0v) is 8.95. The molecule has 0 bridgehead atoms. The smallest absolute Gasteiger partial charge is 0.314 e. The average Bonchev–Trinajstić information content (AvgIpc) is 2.22. The minimum absolute atomic E-state index is 0.0665. The van der Waals surface area contributed by atoms with Gasteiger partial charge >= 0.3 is 5.69 Å². The van der Waals surface area contributed by atoms with Gasteiger partial charge in [0.05, 0.1) is 11.0 Å². The van der Waals surface area contributed by atoms with E-state index >= 15 is 0 Å². The summed E-state index contributed by atoms with van der Waals surface area (Å²) in [5.74, 6) is -0.929. The molecule has 0 aliphatic carbocycles. The Balaban J connectivity index is 3.14. The van der Waals surface area contributed by atoms with Gasteiger partial charge in [0.25, 0.3) is 0 Å². The molecule has 0 heterocycles. The van der Waals surface area contributed by atoms with Gasteiger partial charge in [-0.25, -0.2) is 4.39 Å². The molecule has 1 aromatic rings. The molecule has 1 rings (SSSR count). The normalized spacial score (nSPS) is 10.9. The molecule has 1 aromatic carbocycles. The third-order valence-corrected chi connectivity index (χ3v) is 2.07. The predicted molar refractivity (Wildman–Crippen MR) is 59.1 cm³/mol. The Morgan fingerprint density at radius 1 is 1.56 bits per heavy atom. The van der Waals surface area contributed by atoms with Gasteiger partial charge in [-0.1, -0.05) is 12.2 Å². The molecule has 16 heavy (non-hydrogen) atoms. The Morgan fingerprint density at radius 2 is 2.25 bits per heavy atom. The van der Waals surface area contributed by atoms with Crippen molar-refractivity contribution in [2.45, 2.75) is 6.42 Å². The third kappa shape index (κ3) is 2.93.